The molecule has 9 heteroatoms. The summed E-state index contributed by atoms with van der Waals surface area (Å²) >= 11 is 0. The van der Waals surface area contributed by atoms with Gasteiger partial charge < -0.3 is 41.0 Å². The first-order chi connectivity index (χ1) is 27.2. The van der Waals surface area contributed by atoms with Gasteiger partial charge >= 0.3 is 0 Å². The molecule has 19 atom stereocenters. The Morgan fingerprint density at radius 1 is 1.00 bits per heavy atom. The molecule has 0 amide bonds. The first kappa shape index (κ1) is 42.5. The Kier molecular flexibility index (Phi) is 12.1. The van der Waals surface area contributed by atoms with Crippen LogP contribution in [0.15, 0.2) is 23.8 Å². The number of aliphatic hydroxyl groups is 4. The zero-order chi connectivity index (χ0) is 40.5. The molecule has 9 nitrogen and oxygen atoms in total. The molecule has 0 aromatic heterocycles. The van der Waals surface area contributed by atoms with Crippen molar-refractivity contribution in [3.8, 4) is 0 Å². The Balaban J connectivity index is 1.15. The lowest BCUT2D eigenvalue weighted by Gasteiger charge is -2.63. The highest BCUT2D eigenvalue weighted by molar-refractivity contribution is 5.95. The van der Waals surface area contributed by atoms with Gasteiger partial charge in [0.15, 0.2) is 5.78 Å². The SMILES string of the molecule is CCCCCOC(C1OC2CCC(CCC)CCC2C1C)C(C)(O)C1CCC2(O)C3=CC(=O)C4CC(O)C(O)CC45CC(C4CCC(N)NC4)C=CC(CC12C)C35. The smallest absolute Gasteiger partial charge is 0.159 e. The van der Waals surface area contributed by atoms with E-state index in [9.17, 15) is 25.2 Å². The summed E-state index contributed by atoms with van der Waals surface area (Å²) in [6.45, 7) is 12.4. The quantitative estimate of drug-likeness (QED) is 0.100. The number of rotatable bonds is 11. The number of carbonyl (C=O) groups excluding carboxylic acids is 1. The van der Waals surface area contributed by atoms with Crippen LogP contribution in [0.1, 0.15) is 144 Å². The van der Waals surface area contributed by atoms with Crippen LogP contribution >= 0.6 is 0 Å². The van der Waals surface area contributed by atoms with Crippen LogP contribution in [-0.2, 0) is 14.3 Å². The number of nitrogens with two attached hydrogens (primary N) is 1. The Hall–Kier alpha value is -1.17. The van der Waals surface area contributed by atoms with E-state index < -0.39 is 46.3 Å². The summed E-state index contributed by atoms with van der Waals surface area (Å²) in [5.41, 5.74) is 3.14. The Bertz CT molecular complexity index is 1510. The molecule has 0 aromatic rings. The lowest BCUT2D eigenvalue weighted by Crippen LogP contribution is -2.66. The van der Waals surface area contributed by atoms with Crippen LogP contribution in [0, 0.1) is 64.1 Å². The Morgan fingerprint density at radius 2 is 1.77 bits per heavy atom. The maximum Gasteiger partial charge on any atom is 0.159 e. The zero-order valence-corrected chi connectivity index (χ0v) is 35.9. The molecular formula is C48H78N2O7. The van der Waals surface area contributed by atoms with Crippen molar-refractivity contribution in [1.82, 2.24) is 5.32 Å². The normalized spacial score (nSPS) is 49.7. The zero-order valence-electron chi connectivity index (χ0n) is 35.9. The summed E-state index contributed by atoms with van der Waals surface area (Å²) in [6, 6.07) is 0. The van der Waals surface area contributed by atoms with E-state index in [-0.39, 0.29) is 60.2 Å². The lowest BCUT2D eigenvalue weighted by molar-refractivity contribution is -0.216. The van der Waals surface area contributed by atoms with Crippen molar-refractivity contribution >= 4 is 5.78 Å². The van der Waals surface area contributed by atoms with Gasteiger partial charge in [0, 0.05) is 17.9 Å². The third-order valence-electron chi connectivity index (χ3n) is 18.3. The highest BCUT2D eigenvalue weighted by Gasteiger charge is 2.72. The van der Waals surface area contributed by atoms with Gasteiger partial charge in [-0.2, -0.15) is 0 Å². The van der Waals surface area contributed by atoms with Gasteiger partial charge in [-0.25, -0.2) is 0 Å². The molecule has 7 N–H and O–H groups in total. The molecule has 322 valence electrons. The van der Waals surface area contributed by atoms with E-state index in [1.807, 2.05) is 6.92 Å². The largest absolute Gasteiger partial charge is 0.390 e. The molecular weight excluding hydrogens is 717 g/mol. The number of aliphatic hydroxyl groups excluding tert-OH is 2. The summed E-state index contributed by atoms with van der Waals surface area (Å²) in [5.74, 6) is 1.14. The summed E-state index contributed by atoms with van der Waals surface area (Å²) in [5, 5.41) is 52.8. The van der Waals surface area contributed by atoms with Crippen molar-refractivity contribution < 1.29 is 34.7 Å². The molecule has 0 radical (unpaired) electrons. The van der Waals surface area contributed by atoms with Crippen LogP contribution < -0.4 is 11.1 Å². The van der Waals surface area contributed by atoms with E-state index >= 15 is 0 Å². The predicted octanol–water partition coefficient (Wildman–Crippen LogP) is 6.59. The summed E-state index contributed by atoms with van der Waals surface area (Å²) in [4.78, 5) is 14.6. The number of unbranched alkanes of at least 4 members (excludes halogenated alkanes) is 2. The first-order valence-electron chi connectivity index (χ1n) is 23.7. The number of hydrogen-bond acceptors (Lipinski definition) is 9. The van der Waals surface area contributed by atoms with Gasteiger partial charge in [-0.3, -0.25) is 4.79 Å². The Morgan fingerprint density at radius 3 is 2.51 bits per heavy atom. The second kappa shape index (κ2) is 16.3. The number of ether oxygens (including phenoxy) is 2. The number of nitrogens with one attached hydrogen (secondary N) is 1. The molecule has 0 bridgehead atoms. The van der Waals surface area contributed by atoms with E-state index in [1.54, 1.807) is 6.08 Å². The number of hydrogen-bond donors (Lipinski definition) is 6. The molecule has 2 heterocycles. The van der Waals surface area contributed by atoms with Crippen molar-refractivity contribution in [2.75, 3.05) is 13.2 Å². The fourth-order valence-electron chi connectivity index (χ4n) is 15.3. The molecule has 1 spiro atoms. The highest BCUT2D eigenvalue weighted by Crippen LogP contribution is 2.72. The van der Waals surface area contributed by atoms with E-state index in [0.717, 1.165) is 69.4 Å². The molecule has 19 unspecified atom stereocenters. The number of piperidine rings is 1. The van der Waals surface area contributed by atoms with Crippen molar-refractivity contribution in [3.63, 3.8) is 0 Å². The molecule has 8 aliphatic rings. The van der Waals surface area contributed by atoms with Crippen LogP contribution in [-0.4, -0.2) is 87.2 Å². The van der Waals surface area contributed by atoms with E-state index in [0.29, 0.717) is 44.1 Å². The summed E-state index contributed by atoms with van der Waals surface area (Å²) < 4.78 is 14.0. The topological polar surface area (TPSA) is 155 Å². The summed E-state index contributed by atoms with van der Waals surface area (Å²) in [6.07, 6.45) is 19.3. The molecule has 57 heavy (non-hydrogen) atoms. The van der Waals surface area contributed by atoms with Gasteiger partial charge in [0.05, 0.1) is 41.8 Å². The minimum absolute atomic E-state index is 0.00744. The average Bonchev–Trinajstić information content (AvgIpc) is 3.46. The van der Waals surface area contributed by atoms with Crippen LogP contribution in [0.4, 0.5) is 0 Å². The maximum atomic E-state index is 14.6. The van der Waals surface area contributed by atoms with Gasteiger partial charge in [-0.05, 0) is 155 Å². The van der Waals surface area contributed by atoms with Crippen LogP contribution in [0.25, 0.3) is 0 Å². The standard InChI is InChI=1S/C48H78N2O7/c1-6-8-9-21-56-44(43-28(3)33-16-11-29(10-7-2)12-17-39(33)57-43)46(5,54)40-19-20-48(55)35-23-36(51)34-22-37(52)38(53)26-47(34)25-30(32-15-18-41(49)50-27-32)13-14-31(42(35)47)24-45(40,48)4/h13-14,23,28-34,37-44,50,52-55H,6-12,15-22,24-27,49H2,1-5H3. The number of allylic oxidation sites excluding steroid dienone is 3. The third kappa shape index (κ3) is 7.10. The predicted molar refractivity (Wildman–Crippen MR) is 222 cm³/mol. The van der Waals surface area contributed by atoms with Crippen molar-refractivity contribution in [2.45, 2.75) is 192 Å². The van der Waals surface area contributed by atoms with Crippen LogP contribution in [0.5, 0.6) is 0 Å². The average molecular weight is 795 g/mol. The fourth-order valence-corrected chi connectivity index (χ4v) is 15.3. The summed E-state index contributed by atoms with van der Waals surface area (Å²) in [7, 11) is 0. The number of carbonyl (C=O) groups is 1. The molecule has 6 fully saturated rings. The van der Waals surface area contributed by atoms with Crippen molar-refractivity contribution in [2.24, 2.45) is 69.8 Å². The van der Waals surface area contributed by atoms with Gasteiger partial charge in [-0.15, -0.1) is 0 Å². The van der Waals surface area contributed by atoms with Gasteiger partial charge in [-0.1, -0.05) is 72.0 Å². The second-order valence-electron chi connectivity index (χ2n) is 21.4. The van der Waals surface area contributed by atoms with Crippen molar-refractivity contribution in [3.05, 3.63) is 23.8 Å². The Labute approximate surface area is 343 Å². The van der Waals surface area contributed by atoms with Gasteiger partial charge in [0.1, 0.15) is 6.10 Å². The minimum atomic E-state index is -1.31. The van der Waals surface area contributed by atoms with E-state index in [1.165, 1.54) is 25.7 Å². The molecule has 2 saturated heterocycles. The van der Waals surface area contributed by atoms with E-state index in [4.69, 9.17) is 15.2 Å². The van der Waals surface area contributed by atoms with Crippen LogP contribution in [0.2, 0.25) is 0 Å². The molecule has 2 aliphatic heterocycles. The molecule has 0 aromatic carbocycles. The van der Waals surface area contributed by atoms with Gasteiger partial charge in [0.2, 0.25) is 0 Å². The first-order valence-corrected chi connectivity index (χ1v) is 23.7. The molecule has 6 aliphatic carbocycles. The lowest BCUT2D eigenvalue weighted by atomic mass is 9.42. The number of fused-ring (bicyclic) bond motifs is 3. The number of ketones is 1. The monoisotopic (exact) mass is 795 g/mol. The highest BCUT2D eigenvalue weighted by atomic mass is 16.6. The minimum Gasteiger partial charge on any atom is -0.390 e. The van der Waals surface area contributed by atoms with E-state index in [2.05, 4.69) is 45.2 Å². The second-order valence-corrected chi connectivity index (χ2v) is 21.4. The van der Waals surface area contributed by atoms with Gasteiger partial charge in [0.25, 0.3) is 0 Å². The maximum absolute atomic E-state index is 14.6. The van der Waals surface area contributed by atoms with Crippen LogP contribution in [0.3, 0.4) is 0 Å². The molecule has 4 saturated carbocycles. The van der Waals surface area contributed by atoms with Crippen molar-refractivity contribution in [1.29, 1.82) is 0 Å². The third-order valence-corrected chi connectivity index (χ3v) is 18.3. The fraction of sp³-hybridized carbons (Fsp3) is 0.896. The molecule has 8 rings (SSSR count).